The van der Waals surface area contributed by atoms with Gasteiger partial charge >= 0.3 is 0 Å². The van der Waals surface area contributed by atoms with Crippen molar-refractivity contribution >= 4 is 17.6 Å². The van der Waals surface area contributed by atoms with Crippen molar-refractivity contribution < 1.29 is 25.0 Å². The van der Waals surface area contributed by atoms with Crippen molar-refractivity contribution in [2.75, 3.05) is 5.32 Å². The summed E-state index contributed by atoms with van der Waals surface area (Å²) in [6.07, 6.45) is 0. The van der Waals surface area contributed by atoms with Crippen LogP contribution < -0.4 is 5.32 Å². The summed E-state index contributed by atoms with van der Waals surface area (Å²) in [7, 11) is 0. The van der Waals surface area contributed by atoms with E-state index in [1.165, 1.54) is 6.92 Å². The Morgan fingerprint density at radius 1 is 1.26 bits per heavy atom. The van der Waals surface area contributed by atoms with Gasteiger partial charge in [0.15, 0.2) is 0 Å². The lowest BCUT2D eigenvalue weighted by atomic mass is 10.2. The first kappa shape index (κ1) is 18.7. The number of carboxylic acid groups (broad SMARTS) is 1. The number of nitrogens with one attached hydrogen (secondary N) is 1. The van der Waals surface area contributed by atoms with Crippen LogP contribution in [0.4, 0.5) is 5.69 Å². The Labute approximate surface area is 109 Å². The fraction of sp³-hybridized carbons (Fsp3) is 0.273. The molecule has 0 saturated heterocycles. The summed E-state index contributed by atoms with van der Waals surface area (Å²) in [5, 5.41) is 23.8. The molecule has 106 valence electrons. The van der Waals surface area contributed by atoms with Crippen LogP contribution in [-0.4, -0.2) is 27.3 Å². The van der Waals surface area contributed by atoms with Crippen LogP contribution in [0.15, 0.2) is 24.3 Å². The zero-order valence-corrected chi connectivity index (χ0v) is 10.8. The summed E-state index contributed by atoms with van der Waals surface area (Å²) in [6, 6.07) is 7.70. The number of rotatable bonds is 1. The summed E-state index contributed by atoms with van der Waals surface area (Å²) in [4.78, 5) is 28.0. The van der Waals surface area contributed by atoms with Crippen LogP contribution in [0.5, 0.6) is 0 Å². The number of nitrogens with zero attached hydrogens (tertiary/aromatic N) is 1. The van der Waals surface area contributed by atoms with E-state index in [-0.39, 0.29) is 5.91 Å². The molecule has 1 aromatic carbocycles. The monoisotopic (exact) mass is 272 g/mol. The molecule has 0 atom stereocenters. The number of hydrogen-bond donors (Lipinski definition) is 3. The number of para-hydroxylation sites is 1. The van der Waals surface area contributed by atoms with Crippen molar-refractivity contribution in [3.05, 3.63) is 39.9 Å². The first-order valence-corrected chi connectivity index (χ1v) is 5.02. The lowest BCUT2D eigenvalue weighted by molar-refractivity contribution is -0.742. The molecule has 1 amide bonds. The topological polar surface area (TPSA) is 130 Å². The van der Waals surface area contributed by atoms with E-state index in [4.69, 9.17) is 25.2 Å². The number of carbonyl (C=O) groups is 2. The fourth-order valence-corrected chi connectivity index (χ4v) is 0.903. The SMILES string of the molecule is CC(=O)Nc1ccccc1C.CC(=O)O.O=[N+]([O-])O. The smallest absolute Gasteiger partial charge is 0.300 e. The normalized spacial score (nSPS) is 7.95. The van der Waals surface area contributed by atoms with Gasteiger partial charge in [-0.05, 0) is 18.6 Å². The molecule has 3 N–H and O–H groups in total. The van der Waals surface area contributed by atoms with E-state index in [0.29, 0.717) is 0 Å². The van der Waals surface area contributed by atoms with Crippen LogP contribution >= 0.6 is 0 Å². The highest BCUT2D eigenvalue weighted by atomic mass is 16.9. The van der Waals surface area contributed by atoms with Gasteiger partial charge in [-0.3, -0.25) is 9.59 Å². The van der Waals surface area contributed by atoms with Crippen LogP contribution in [0, 0.1) is 17.0 Å². The quantitative estimate of drug-likeness (QED) is 0.527. The van der Waals surface area contributed by atoms with Crippen molar-refractivity contribution in [2.45, 2.75) is 20.8 Å². The van der Waals surface area contributed by atoms with E-state index >= 15 is 0 Å². The van der Waals surface area contributed by atoms with Crippen LogP contribution in [0.1, 0.15) is 19.4 Å². The minimum absolute atomic E-state index is 0.0284. The third kappa shape index (κ3) is 17.9. The zero-order valence-electron chi connectivity index (χ0n) is 10.8. The molecule has 0 aliphatic carbocycles. The molecule has 0 unspecified atom stereocenters. The molecule has 8 heteroatoms. The van der Waals surface area contributed by atoms with Crippen LogP contribution in [0.3, 0.4) is 0 Å². The molecule has 19 heavy (non-hydrogen) atoms. The van der Waals surface area contributed by atoms with Crippen molar-refractivity contribution in [2.24, 2.45) is 0 Å². The van der Waals surface area contributed by atoms with Crippen LogP contribution in [0.2, 0.25) is 0 Å². The van der Waals surface area contributed by atoms with E-state index in [1.807, 2.05) is 31.2 Å². The van der Waals surface area contributed by atoms with Gasteiger partial charge in [0.1, 0.15) is 0 Å². The molecule has 0 radical (unpaired) electrons. The van der Waals surface area contributed by atoms with Gasteiger partial charge in [-0.15, -0.1) is 10.1 Å². The van der Waals surface area contributed by atoms with Gasteiger partial charge in [-0.2, -0.15) is 0 Å². The second kappa shape index (κ2) is 10.5. The van der Waals surface area contributed by atoms with Gasteiger partial charge in [-0.1, -0.05) is 18.2 Å². The predicted octanol–water partition coefficient (Wildman–Crippen LogP) is 1.70. The second-order valence-electron chi connectivity index (χ2n) is 3.25. The molecular weight excluding hydrogens is 256 g/mol. The van der Waals surface area contributed by atoms with Crippen molar-refractivity contribution in [1.29, 1.82) is 0 Å². The Morgan fingerprint density at radius 3 is 1.95 bits per heavy atom. The van der Waals surface area contributed by atoms with Gasteiger partial charge in [0.05, 0.1) is 0 Å². The molecule has 0 bridgehead atoms. The third-order valence-corrected chi connectivity index (χ3v) is 1.46. The number of carbonyl (C=O) groups excluding carboxylic acids is 1. The molecule has 0 aliphatic heterocycles. The highest BCUT2D eigenvalue weighted by Gasteiger charge is 1.96. The molecule has 0 aromatic heterocycles. The van der Waals surface area contributed by atoms with Crippen molar-refractivity contribution in [1.82, 2.24) is 0 Å². The zero-order chi connectivity index (χ0) is 15.4. The Balaban J connectivity index is 0. The summed E-state index contributed by atoms with van der Waals surface area (Å²) in [5.41, 5.74) is 1.97. The Hall–Kier alpha value is -2.64. The summed E-state index contributed by atoms with van der Waals surface area (Å²) >= 11 is 0. The summed E-state index contributed by atoms with van der Waals surface area (Å²) in [5.74, 6) is -0.862. The number of carboxylic acids is 1. The lowest BCUT2D eigenvalue weighted by Gasteiger charge is -2.03. The number of anilines is 1. The molecule has 0 saturated carbocycles. The molecule has 8 nitrogen and oxygen atoms in total. The maximum Gasteiger partial charge on any atom is 0.300 e. The van der Waals surface area contributed by atoms with Gasteiger partial charge in [0.2, 0.25) is 5.91 Å². The second-order valence-corrected chi connectivity index (χ2v) is 3.25. The average Bonchev–Trinajstić information content (AvgIpc) is 2.19. The summed E-state index contributed by atoms with van der Waals surface area (Å²) < 4.78 is 0. The third-order valence-electron chi connectivity index (χ3n) is 1.46. The van der Waals surface area contributed by atoms with E-state index in [1.54, 1.807) is 0 Å². The van der Waals surface area contributed by atoms with E-state index in [9.17, 15) is 4.79 Å². The maximum atomic E-state index is 10.7. The molecule has 0 aliphatic rings. The van der Waals surface area contributed by atoms with Crippen molar-refractivity contribution in [3.8, 4) is 0 Å². The molecule has 0 fully saturated rings. The largest absolute Gasteiger partial charge is 0.481 e. The van der Waals surface area contributed by atoms with E-state index in [0.717, 1.165) is 18.2 Å². The Kier molecular flexibility index (Phi) is 10.4. The number of hydrogen-bond acceptors (Lipinski definition) is 4. The van der Waals surface area contributed by atoms with Crippen molar-refractivity contribution in [3.63, 3.8) is 0 Å². The average molecular weight is 272 g/mol. The predicted molar refractivity (Wildman–Crippen MR) is 67.6 cm³/mol. The van der Waals surface area contributed by atoms with Gasteiger partial charge < -0.3 is 15.6 Å². The van der Waals surface area contributed by atoms with Gasteiger partial charge in [-0.25, -0.2) is 0 Å². The number of benzene rings is 1. The van der Waals surface area contributed by atoms with Crippen LogP contribution in [0.25, 0.3) is 0 Å². The number of amides is 1. The molecule has 1 aromatic rings. The molecular formula is C11H16N2O6. The molecule has 1 rings (SSSR count). The van der Waals surface area contributed by atoms with Gasteiger partial charge in [0.25, 0.3) is 11.1 Å². The minimum atomic E-state index is -1.50. The molecule has 0 spiro atoms. The Morgan fingerprint density at radius 2 is 1.63 bits per heavy atom. The molecule has 0 heterocycles. The van der Waals surface area contributed by atoms with E-state index < -0.39 is 11.1 Å². The number of aliphatic carboxylic acids is 1. The first-order valence-electron chi connectivity index (χ1n) is 5.02. The van der Waals surface area contributed by atoms with Crippen LogP contribution in [-0.2, 0) is 9.59 Å². The fourth-order valence-electron chi connectivity index (χ4n) is 0.903. The van der Waals surface area contributed by atoms with E-state index in [2.05, 4.69) is 5.32 Å². The standard InChI is InChI=1S/C9H11NO.C2H4O2.HNO3/c1-7-5-3-4-6-9(7)10-8(2)11;1-2(3)4;2-1(3)4/h3-6H,1-2H3,(H,10,11);1H3,(H,3,4);(H,2,3,4). The lowest BCUT2D eigenvalue weighted by Crippen LogP contribution is -2.06. The number of aryl methyl sites for hydroxylation is 1. The van der Waals surface area contributed by atoms with Gasteiger partial charge in [0, 0.05) is 19.5 Å². The first-order chi connectivity index (χ1) is 8.66. The summed E-state index contributed by atoms with van der Waals surface area (Å²) in [6.45, 7) is 4.55. The Bertz CT molecular complexity index is 413. The highest BCUT2D eigenvalue weighted by Crippen LogP contribution is 2.12. The minimum Gasteiger partial charge on any atom is -0.481 e. The maximum absolute atomic E-state index is 10.7. The highest BCUT2D eigenvalue weighted by molar-refractivity contribution is 5.89.